The minimum Gasteiger partial charge on any atom is -0.478 e. The maximum absolute atomic E-state index is 12.7. The SMILES string of the molecule is CC(C)OC(Nn1c(C(C)C)nnc(C(C)(C)C)c1=O)C(=O)O. The van der Waals surface area contributed by atoms with Gasteiger partial charge >= 0.3 is 5.97 Å². The fourth-order valence-electron chi connectivity index (χ4n) is 1.90. The molecule has 0 amide bonds. The van der Waals surface area contributed by atoms with E-state index in [1.165, 1.54) is 0 Å². The van der Waals surface area contributed by atoms with Crippen molar-refractivity contribution >= 4 is 5.97 Å². The van der Waals surface area contributed by atoms with Crippen LogP contribution in [0.1, 0.15) is 65.9 Å². The van der Waals surface area contributed by atoms with E-state index in [9.17, 15) is 14.7 Å². The lowest BCUT2D eigenvalue weighted by molar-refractivity contribution is -0.151. The summed E-state index contributed by atoms with van der Waals surface area (Å²) < 4.78 is 6.45. The summed E-state index contributed by atoms with van der Waals surface area (Å²) >= 11 is 0. The van der Waals surface area contributed by atoms with E-state index in [-0.39, 0.29) is 17.7 Å². The lowest BCUT2D eigenvalue weighted by atomic mass is 9.92. The highest BCUT2D eigenvalue weighted by Gasteiger charge is 2.27. The van der Waals surface area contributed by atoms with E-state index in [0.29, 0.717) is 5.82 Å². The second kappa shape index (κ2) is 7.08. The van der Waals surface area contributed by atoms with Crippen molar-refractivity contribution in [1.29, 1.82) is 0 Å². The molecule has 1 aromatic heterocycles. The summed E-state index contributed by atoms with van der Waals surface area (Å²) in [6.45, 7) is 12.7. The lowest BCUT2D eigenvalue weighted by Gasteiger charge is -2.24. The van der Waals surface area contributed by atoms with Gasteiger partial charge in [0.2, 0.25) is 6.23 Å². The zero-order valence-corrected chi connectivity index (χ0v) is 14.7. The molecule has 1 aromatic rings. The molecule has 0 aliphatic rings. The van der Waals surface area contributed by atoms with Crippen molar-refractivity contribution in [2.75, 3.05) is 5.43 Å². The molecule has 0 saturated heterocycles. The molecule has 1 atom stereocenters. The Hall–Kier alpha value is -1.96. The van der Waals surface area contributed by atoms with Gasteiger partial charge in [0, 0.05) is 11.3 Å². The normalized spacial score (nSPS) is 13.4. The summed E-state index contributed by atoms with van der Waals surface area (Å²) in [5, 5.41) is 17.4. The van der Waals surface area contributed by atoms with Gasteiger partial charge in [0.15, 0.2) is 5.82 Å². The molecule has 0 fully saturated rings. The average molecular weight is 326 g/mol. The van der Waals surface area contributed by atoms with E-state index >= 15 is 0 Å². The smallest absolute Gasteiger partial charge is 0.355 e. The lowest BCUT2D eigenvalue weighted by Crippen LogP contribution is -2.47. The Kier molecular flexibility index (Phi) is 5.87. The van der Waals surface area contributed by atoms with Crippen LogP contribution in [-0.4, -0.2) is 38.3 Å². The van der Waals surface area contributed by atoms with E-state index in [0.717, 1.165) is 4.68 Å². The van der Waals surface area contributed by atoms with E-state index in [2.05, 4.69) is 15.6 Å². The number of hydrogen-bond donors (Lipinski definition) is 2. The molecule has 0 aliphatic heterocycles. The second-order valence-electron chi connectivity index (χ2n) is 6.98. The second-order valence-corrected chi connectivity index (χ2v) is 6.98. The third-order valence-corrected chi connectivity index (χ3v) is 2.99. The Morgan fingerprint density at radius 1 is 1.22 bits per heavy atom. The van der Waals surface area contributed by atoms with Crippen molar-refractivity contribution in [3.05, 3.63) is 21.9 Å². The van der Waals surface area contributed by atoms with Crippen LogP contribution in [-0.2, 0) is 14.9 Å². The molecule has 0 spiro atoms. The Labute approximate surface area is 135 Å². The average Bonchev–Trinajstić information content (AvgIpc) is 2.37. The van der Waals surface area contributed by atoms with Crippen LogP contribution in [0, 0.1) is 0 Å². The summed E-state index contributed by atoms with van der Waals surface area (Å²) in [6, 6.07) is 0. The number of hydrogen-bond acceptors (Lipinski definition) is 6. The van der Waals surface area contributed by atoms with Gasteiger partial charge in [0.1, 0.15) is 5.69 Å². The summed E-state index contributed by atoms with van der Waals surface area (Å²) in [7, 11) is 0. The van der Waals surface area contributed by atoms with E-state index in [1.54, 1.807) is 13.8 Å². The number of aliphatic carboxylic acids is 1. The Bertz CT molecular complexity index is 617. The van der Waals surface area contributed by atoms with Crippen LogP contribution in [0.2, 0.25) is 0 Å². The molecule has 0 aromatic carbocycles. The Balaban J connectivity index is 3.41. The van der Waals surface area contributed by atoms with Crippen LogP contribution in [0.15, 0.2) is 4.79 Å². The topological polar surface area (TPSA) is 106 Å². The van der Waals surface area contributed by atoms with Crippen LogP contribution in [0.3, 0.4) is 0 Å². The number of nitrogens with one attached hydrogen (secondary N) is 1. The summed E-state index contributed by atoms with van der Waals surface area (Å²) in [4.78, 5) is 24.1. The highest BCUT2D eigenvalue weighted by atomic mass is 16.5. The highest BCUT2D eigenvalue weighted by Crippen LogP contribution is 2.17. The Morgan fingerprint density at radius 2 is 1.78 bits per heavy atom. The molecule has 2 N–H and O–H groups in total. The molecule has 23 heavy (non-hydrogen) atoms. The van der Waals surface area contributed by atoms with Gasteiger partial charge in [-0.3, -0.25) is 10.2 Å². The summed E-state index contributed by atoms with van der Waals surface area (Å²) in [6.07, 6.45) is -1.68. The van der Waals surface area contributed by atoms with Gasteiger partial charge in [-0.25, -0.2) is 9.47 Å². The van der Waals surface area contributed by atoms with Gasteiger partial charge in [-0.2, -0.15) is 0 Å². The van der Waals surface area contributed by atoms with Crippen molar-refractivity contribution < 1.29 is 14.6 Å². The number of carboxylic acid groups (broad SMARTS) is 1. The number of rotatable bonds is 6. The molecule has 0 aliphatic carbocycles. The molecular formula is C15H26N4O4. The molecule has 0 saturated carbocycles. The quantitative estimate of drug-likeness (QED) is 0.762. The molecule has 8 heteroatoms. The first-order valence-electron chi connectivity index (χ1n) is 7.60. The number of aromatic nitrogens is 3. The zero-order chi connectivity index (χ0) is 17.9. The highest BCUT2D eigenvalue weighted by molar-refractivity contribution is 5.73. The van der Waals surface area contributed by atoms with Crippen molar-refractivity contribution in [2.45, 2.75) is 72.1 Å². The van der Waals surface area contributed by atoms with Gasteiger partial charge < -0.3 is 9.84 Å². The molecule has 0 bridgehead atoms. The van der Waals surface area contributed by atoms with Crippen molar-refractivity contribution in [2.24, 2.45) is 0 Å². The van der Waals surface area contributed by atoms with Crippen LogP contribution >= 0.6 is 0 Å². The number of nitrogens with zero attached hydrogens (tertiary/aromatic N) is 3. The molecule has 0 radical (unpaired) electrons. The molecule has 1 heterocycles. The largest absolute Gasteiger partial charge is 0.478 e. The maximum Gasteiger partial charge on any atom is 0.355 e. The predicted molar refractivity (Wildman–Crippen MR) is 86.1 cm³/mol. The predicted octanol–water partition coefficient (Wildman–Crippen LogP) is 1.44. The summed E-state index contributed by atoms with van der Waals surface area (Å²) in [5.74, 6) is -0.985. The van der Waals surface area contributed by atoms with Crippen LogP contribution in [0.5, 0.6) is 0 Å². The monoisotopic (exact) mass is 326 g/mol. The molecule has 1 rings (SSSR count). The first-order chi connectivity index (χ1) is 10.4. The molecule has 8 nitrogen and oxygen atoms in total. The number of carbonyl (C=O) groups is 1. The fraction of sp³-hybridized carbons (Fsp3) is 0.733. The minimum atomic E-state index is -1.36. The summed E-state index contributed by atoms with van der Waals surface area (Å²) in [5.41, 5.74) is 1.94. The van der Waals surface area contributed by atoms with E-state index < -0.39 is 23.2 Å². The van der Waals surface area contributed by atoms with Gasteiger partial charge in [0.05, 0.1) is 6.10 Å². The minimum absolute atomic E-state index is 0.120. The van der Waals surface area contributed by atoms with Crippen LogP contribution < -0.4 is 11.0 Å². The number of carboxylic acids is 1. The first kappa shape index (κ1) is 19.1. The van der Waals surface area contributed by atoms with Gasteiger partial charge in [-0.1, -0.05) is 34.6 Å². The maximum atomic E-state index is 12.7. The van der Waals surface area contributed by atoms with Gasteiger partial charge in [-0.15, -0.1) is 10.2 Å². The Morgan fingerprint density at radius 3 is 2.17 bits per heavy atom. The molecule has 1 unspecified atom stereocenters. The van der Waals surface area contributed by atoms with Crippen molar-refractivity contribution in [1.82, 2.24) is 14.9 Å². The van der Waals surface area contributed by atoms with Gasteiger partial charge in [0.25, 0.3) is 5.56 Å². The van der Waals surface area contributed by atoms with Crippen molar-refractivity contribution in [3.8, 4) is 0 Å². The van der Waals surface area contributed by atoms with E-state index in [1.807, 2.05) is 34.6 Å². The molecular weight excluding hydrogens is 300 g/mol. The van der Waals surface area contributed by atoms with Gasteiger partial charge in [-0.05, 0) is 13.8 Å². The zero-order valence-electron chi connectivity index (χ0n) is 14.7. The standard InChI is InChI=1S/C15H26N4O4/c1-8(2)11-17-16-10(15(5,6)7)13(20)19(11)18-12(14(21)22)23-9(3)4/h8-9,12,18H,1-7H3,(H,21,22). The molecule has 130 valence electrons. The van der Waals surface area contributed by atoms with Crippen LogP contribution in [0.4, 0.5) is 0 Å². The van der Waals surface area contributed by atoms with Crippen LogP contribution in [0.25, 0.3) is 0 Å². The number of ether oxygens (including phenoxy) is 1. The first-order valence-corrected chi connectivity index (χ1v) is 7.60. The van der Waals surface area contributed by atoms with E-state index in [4.69, 9.17) is 4.74 Å². The fourth-order valence-corrected chi connectivity index (χ4v) is 1.90. The third kappa shape index (κ3) is 4.75. The van der Waals surface area contributed by atoms with Crippen molar-refractivity contribution in [3.63, 3.8) is 0 Å². The third-order valence-electron chi connectivity index (χ3n) is 2.99.